The van der Waals surface area contributed by atoms with Crippen LogP contribution in [-0.4, -0.2) is 56.6 Å². The highest BCUT2D eigenvalue weighted by Gasteiger charge is 2.30. The summed E-state index contributed by atoms with van der Waals surface area (Å²) < 4.78 is 38.3. The molecule has 0 aliphatic carbocycles. The first kappa shape index (κ1) is 23.6. The number of ether oxygens (including phenoxy) is 2. The van der Waals surface area contributed by atoms with Gasteiger partial charge in [0.25, 0.3) is 0 Å². The Morgan fingerprint density at radius 1 is 1.28 bits per heavy atom. The molecule has 10 heteroatoms. The first-order valence-corrected chi connectivity index (χ1v) is 11.8. The van der Waals surface area contributed by atoms with E-state index in [0.29, 0.717) is 13.1 Å². The van der Waals surface area contributed by atoms with E-state index >= 15 is 0 Å². The average Bonchev–Trinajstić information content (AvgIpc) is 3.08. The summed E-state index contributed by atoms with van der Waals surface area (Å²) in [5.74, 6) is -0.768. The van der Waals surface area contributed by atoms with Gasteiger partial charge >= 0.3 is 5.97 Å². The van der Waals surface area contributed by atoms with Gasteiger partial charge in [0.2, 0.25) is 0 Å². The molecule has 0 spiro atoms. The van der Waals surface area contributed by atoms with Crippen LogP contribution in [0.2, 0.25) is 0 Å². The van der Waals surface area contributed by atoms with Crippen molar-refractivity contribution in [2.45, 2.75) is 50.0 Å². The van der Waals surface area contributed by atoms with Gasteiger partial charge in [-0.3, -0.25) is 0 Å². The number of nitrogens with two attached hydrogens (primary N) is 1. The van der Waals surface area contributed by atoms with E-state index in [2.05, 4.69) is 4.90 Å². The first-order chi connectivity index (χ1) is 15.0. The minimum Gasteiger partial charge on any atom is -0.464 e. The Bertz CT molecular complexity index is 1170. The number of rotatable bonds is 5. The number of anilines is 2. The molecular formula is C22H28N4O5S. The van der Waals surface area contributed by atoms with E-state index in [1.54, 1.807) is 26.0 Å². The van der Waals surface area contributed by atoms with Crippen LogP contribution in [0, 0.1) is 11.3 Å². The molecule has 0 amide bonds. The third-order valence-electron chi connectivity index (χ3n) is 5.46. The summed E-state index contributed by atoms with van der Waals surface area (Å²) in [7, 11) is -2.53. The quantitative estimate of drug-likeness (QED) is 0.674. The standard InChI is InChI=1S/C22H28N4O5S/c1-13(2)32(28,29)19-7-6-17(25-10-14(3)31-15(4)11-25)8-18(19)26-12-16(9-23)20(24)21(26)22(27)30-5/h6-8,12-15H,10-11,24H2,1-5H3. The summed E-state index contributed by atoms with van der Waals surface area (Å²) >= 11 is 0. The topological polar surface area (TPSA) is 128 Å². The van der Waals surface area contributed by atoms with Gasteiger partial charge in [-0.05, 0) is 45.9 Å². The van der Waals surface area contributed by atoms with E-state index in [4.69, 9.17) is 15.2 Å². The lowest BCUT2D eigenvalue weighted by Crippen LogP contribution is -2.45. The van der Waals surface area contributed by atoms with Gasteiger partial charge in [0.15, 0.2) is 15.5 Å². The fourth-order valence-electron chi connectivity index (χ4n) is 3.88. The number of sulfone groups is 1. The van der Waals surface area contributed by atoms with Crippen LogP contribution in [0.15, 0.2) is 29.3 Å². The summed E-state index contributed by atoms with van der Waals surface area (Å²) in [6.45, 7) is 8.38. The molecule has 32 heavy (non-hydrogen) atoms. The molecule has 1 aromatic heterocycles. The molecule has 1 aromatic carbocycles. The highest BCUT2D eigenvalue weighted by molar-refractivity contribution is 7.92. The van der Waals surface area contributed by atoms with Crippen LogP contribution in [0.25, 0.3) is 5.69 Å². The molecule has 0 radical (unpaired) electrons. The van der Waals surface area contributed by atoms with E-state index in [9.17, 15) is 18.5 Å². The van der Waals surface area contributed by atoms with Gasteiger partial charge in [-0.1, -0.05) is 0 Å². The number of nitriles is 1. The lowest BCUT2D eigenvalue weighted by molar-refractivity contribution is -0.00522. The van der Waals surface area contributed by atoms with Gasteiger partial charge in [0.05, 0.1) is 46.4 Å². The molecule has 1 fully saturated rings. The Labute approximate surface area is 188 Å². The van der Waals surface area contributed by atoms with E-state index < -0.39 is 21.1 Å². The van der Waals surface area contributed by atoms with Gasteiger partial charge in [-0.15, -0.1) is 0 Å². The predicted octanol–water partition coefficient (Wildman–Crippen LogP) is 2.51. The van der Waals surface area contributed by atoms with E-state index in [-0.39, 0.29) is 39.7 Å². The Balaban J connectivity index is 2.30. The molecule has 2 atom stereocenters. The normalized spacial score (nSPS) is 19.1. The maximum atomic E-state index is 13.2. The highest BCUT2D eigenvalue weighted by Crippen LogP contribution is 2.33. The summed E-state index contributed by atoms with van der Waals surface area (Å²) in [6.07, 6.45) is 1.36. The maximum absolute atomic E-state index is 13.2. The molecule has 0 saturated carbocycles. The fraction of sp³-hybridized carbons (Fsp3) is 0.455. The third-order valence-corrected chi connectivity index (χ3v) is 7.66. The third kappa shape index (κ3) is 4.18. The smallest absolute Gasteiger partial charge is 0.357 e. The molecule has 9 nitrogen and oxygen atoms in total. The monoisotopic (exact) mass is 460 g/mol. The first-order valence-electron chi connectivity index (χ1n) is 10.3. The molecule has 172 valence electrons. The van der Waals surface area contributed by atoms with Gasteiger partial charge in [0, 0.05) is 25.0 Å². The molecule has 1 aliphatic heterocycles. The van der Waals surface area contributed by atoms with Crippen molar-refractivity contribution in [3.63, 3.8) is 0 Å². The van der Waals surface area contributed by atoms with Crippen LogP contribution in [-0.2, 0) is 19.3 Å². The predicted molar refractivity (Wildman–Crippen MR) is 121 cm³/mol. The second-order valence-electron chi connectivity index (χ2n) is 8.19. The zero-order valence-corrected chi connectivity index (χ0v) is 19.6. The van der Waals surface area contributed by atoms with Crippen molar-refractivity contribution in [3.8, 4) is 11.8 Å². The number of benzene rings is 1. The van der Waals surface area contributed by atoms with Crippen molar-refractivity contribution in [1.29, 1.82) is 5.26 Å². The number of methoxy groups -OCH3 is 1. The van der Waals surface area contributed by atoms with Crippen LogP contribution >= 0.6 is 0 Å². The minimum absolute atomic E-state index is 0.000632. The molecule has 2 N–H and O–H groups in total. The number of hydrogen-bond acceptors (Lipinski definition) is 8. The molecule has 3 rings (SSSR count). The molecular weight excluding hydrogens is 432 g/mol. The lowest BCUT2D eigenvalue weighted by atomic mass is 10.2. The van der Waals surface area contributed by atoms with Crippen LogP contribution in [0.5, 0.6) is 0 Å². The van der Waals surface area contributed by atoms with Crippen LogP contribution in [0.3, 0.4) is 0 Å². The number of esters is 1. The van der Waals surface area contributed by atoms with Gasteiger partial charge in [-0.25, -0.2) is 13.2 Å². The van der Waals surface area contributed by atoms with Gasteiger partial charge in [-0.2, -0.15) is 5.26 Å². The summed E-state index contributed by atoms with van der Waals surface area (Å²) in [5, 5.41) is 8.76. The van der Waals surface area contributed by atoms with Crippen molar-refractivity contribution in [1.82, 2.24) is 4.57 Å². The molecule has 1 aliphatic rings. The number of nitrogens with zero attached hydrogens (tertiary/aromatic N) is 3. The Morgan fingerprint density at radius 3 is 2.44 bits per heavy atom. The number of aromatic nitrogens is 1. The largest absolute Gasteiger partial charge is 0.464 e. The van der Waals surface area contributed by atoms with Crippen molar-refractivity contribution in [2.75, 3.05) is 30.8 Å². The summed E-state index contributed by atoms with van der Waals surface area (Å²) in [4.78, 5) is 14.7. The van der Waals surface area contributed by atoms with E-state index in [1.165, 1.54) is 23.9 Å². The second kappa shape index (κ2) is 8.84. The number of carbonyl (C=O) groups is 1. The highest BCUT2D eigenvalue weighted by atomic mass is 32.2. The van der Waals surface area contributed by atoms with Crippen LogP contribution in [0.1, 0.15) is 43.7 Å². The molecule has 0 bridgehead atoms. The average molecular weight is 461 g/mol. The zero-order chi connectivity index (χ0) is 23.8. The Hall–Kier alpha value is -3.03. The van der Waals surface area contributed by atoms with Crippen LogP contribution in [0.4, 0.5) is 11.4 Å². The second-order valence-corrected chi connectivity index (χ2v) is 10.7. The summed E-state index contributed by atoms with van der Waals surface area (Å²) in [6, 6.07) is 6.93. The maximum Gasteiger partial charge on any atom is 0.357 e. The fourth-order valence-corrected chi connectivity index (χ4v) is 5.09. The minimum atomic E-state index is -3.72. The Morgan fingerprint density at radius 2 is 1.91 bits per heavy atom. The summed E-state index contributed by atoms with van der Waals surface area (Å²) in [5.41, 5.74) is 6.94. The number of hydrogen-bond donors (Lipinski definition) is 1. The zero-order valence-electron chi connectivity index (χ0n) is 18.8. The van der Waals surface area contributed by atoms with E-state index in [0.717, 1.165) is 5.69 Å². The lowest BCUT2D eigenvalue weighted by Gasteiger charge is -2.37. The number of nitrogen functional groups attached to an aromatic ring is 1. The SMILES string of the molecule is COC(=O)c1c(N)c(C#N)cn1-c1cc(N2CC(C)OC(C)C2)ccc1S(=O)(=O)C(C)C. The van der Waals surface area contributed by atoms with Gasteiger partial charge in [0.1, 0.15) is 6.07 Å². The van der Waals surface area contributed by atoms with Crippen molar-refractivity contribution >= 4 is 27.2 Å². The molecule has 1 saturated heterocycles. The van der Waals surface area contributed by atoms with Gasteiger partial charge < -0.3 is 24.7 Å². The number of morpholine rings is 1. The van der Waals surface area contributed by atoms with Crippen molar-refractivity contribution in [2.24, 2.45) is 0 Å². The van der Waals surface area contributed by atoms with Crippen molar-refractivity contribution in [3.05, 3.63) is 35.7 Å². The van der Waals surface area contributed by atoms with E-state index in [1.807, 2.05) is 19.9 Å². The Kier molecular flexibility index (Phi) is 6.53. The van der Waals surface area contributed by atoms with Crippen molar-refractivity contribution < 1.29 is 22.7 Å². The molecule has 2 aromatic rings. The molecule has 2 unspecified atom stereocenters. The van der Waals surface area contributed by atoms with Crippen LogP contribution < -0.4 is 10.6 Å². The molecule has 2 heterocycles. The number of carbonyl (C=O) groups excluding carboxylic acids is 1.